The zero-order valence-corrected chi connectivity index (χ0v) is 16.7. The second-order valence-corrected chi connectivity index (χ2v) is 8.38. The molecule has 0 aliphatic carbocycles. The Morgan fingerprint density at radius 2 is 1.86 bits per heavy atom. The van der Waals surface area contributed by atoms with Crippen molar-refractivity contribution in [2.45, 2.75) is 6.54 Å². The predicted molar refractivity (Wildman–Crippen MR) is 114 cm³/mol. The lowest BCUT2D eigenvalue weighted by Gasteiger charge is -2.35. The summed E-state index contributed by atoms with van der Waals surface area (Å²) in [4.78, 5) is 23.4. The number of hydrogen-bond acceptors (Lipinski definition) is 6. The highest BCUT2D eigenvalue weighted by Crippen LogP contribution is 2.33. The van der Waals surface area contributed by atoms with Crippen LogP contribution in [0.5, 0.6) is 0 Å². The zero-order chi connectivity index (χ0) is 18.9. The van der Waals surface area contributed by atoms with Crippen LogP contribution in [0, 0.1) is 0 Å². The lowest BCUT2D eigenvalue weighted by molar-refractivity contribution is 0.251. The average Bonchev–Trinajstić information content (AvgIpc) is 3.38. The van der Waals surface area contributed by atoms with E-state index in [4.69, 9.17) is 11.6 Å². The van der Waals surface area contributed by atoms with E-state index in [1.165, 1.54) is 9.75 Å². The molecule has 0 amide bonds. The Kier molecular flexibility index (Phi) is 4.72. The van der Waals surface area contributed by atoms with E-state index in [9.17, 15) is 0 Å². The molecule has 5 rings (SSSR count). The highest BCUT2D eigenvalue weighted by atomic mass is 35.5. The van der Waals surface area contributed by atoms with E-state index in [0.717, 1.165) is 60.3 Å². The summed E-state index contributed by atoms with van der Waals surface area (Å²) in [7, 11) is 0. The molecule has 28 heavy (non-hydrogen) atoms. The first-order valence-electron chi connectivity index (χ1n) is 9.23. The predicted octanol–water partition coefficient (Wildman–Crippen LogP) is 4.06. The standard InChI is InChI=1S/C20H19ClN6S/c21-16-4-2-1-3-15(16)17-6-5-14(28-17)11-26-7-9-27(10-8-26)20-18-19(23-12-22-18)24-13-25-20/h1-6,12-13H,7-11H2,(H,22,23,24,25). The molecule has 0 bridgehead atoms. The van der Waals surface area contributed by atoms with Crippen LogP contribution in [0.4, 0.5) is 5.82 Å². The van der Waals surface area contributed by atoms with Crippen LogP contribution in [0.15, 0.2) is 49.1 Å². The maximum absolute atomic E-state index is 6.34. The molecule has 0 radical (unpaired) electrons. The minimum absolute atomic E-state index is 0.720. The molecule has 142 valence electrons. The molecule has 0 saturated carbocycles. The van der Waals surface area contributed by atoms with Crippen LogP contribution in [0.3, 0.4) is 0 Å². The van der Waals surface area contributed by atoms with Crippen molar-refractivity contribution in [1.82, 2.24) is 24.8 Å². The number of imidazole rings is 1. The van der Waals surface area contributed by atoms with E-state index in [1.807, 2.05) is 29.5 Å². The number of nitrogens with zero attached hydrogens (tertiary/aromatic N) is 5. The van der Waals surface area contributed by atoms with E-state index < -0.39 is 0 Å². The van der Waals surface area contributed by atoms with Crippen molar-refractivity contribution in [2.75, 3.05) is 31.1 Å². The molecule has 1 fully saturated rings. The number of halogens is 1. The van der Waals surface area contributed by atoms with Gasteiger partial charge in [-0.25, -0.2) is 15.0 Å². The van der Waals surface area contributed by atoms with Gasteiger partial charge in [0.2, 0.25) is 0 Å². The highest BCUT2D eigenvalue weighted by molar-refractivity contribution is 7.15. The van der Waals surface area contributed by atoms with Crippen molar-refractivity contribution in [2.24, 2.45) is 0 Å². The van der Waals surface area contributed by atoms with Gasteiger partial charge in [-0.15, -0.1) is 11.3 Å². The summed E-state index contributed by atoms with van der Waals surface area (Å²) in [6, 6.07) is 12.4. The minimum atomic E-state index is 0.720. The van der Waals surface area contributed by atoms with Crippen molar-refractivity contribution >= 4 is 39.9 Å². The fourth-order valence-corrected chi connectivity index (χ4v) is 4.98. The number of nitrogens with one attached hydrogen (secondary N) is 1. The third kappa shape index (κ3) is 3.37. The molecule has 0 spiro atoms. The Morgan fingerprint density at radius 3 is 2.71 bits per heavy atom. The summed E-state index contributed by atoms with van der Waals surface area (Å²) in [5.41, 5.74) is 2.74. The molecule has 1 aliphatic heterocycles. The van der Waals surface area contributed by atoms with Crippen molar-refractivity contribution < 1.29 is 0 Å². The van der Waals surface area contributed by atoms with Crippen molar-refractivity contribution in [3.8, 4) is 10.4 Å². The van der Waals surface area contributed by atoms with E-state index in [0.29, 0.717) is 0 Å². The normalized spacial score (nSPS) is 15.4. The first-order valence-corrected chi connectivity index (χ1v) is 10.4. The summed E-state index contributed by atoms with van der Waals surface area (Å²) in [6.07, 6.45) is 3.26. The van der Waals surface area contributed by atoms with Crippen LogP contribution in [-0.4, -0.2) is 51.0 Å². The number of aromatic nitrogens is 4. The number of anilines is 1. The minimum Gasteiger partial charge on any atom is -0.352 e. The molecule has 4 heterocycles. The number of thiophene rings is 1. The largest absolute Gasteiger partial charge is 0.352 e. The van der Waals surface area contributed by atoms with E-state index in [2.05, 4.69) is 47.9 Å². The third-order valence-electron chi connectivity index (χ3n) is 5.06. The molecule has 1 aliphatic rings. The van der Waals surface area contributed by atoms with Crippen LogP contribution < -0.4 is 4.90 Å². The maximum Gasteiger partial charge on any atom is 0.182 e. The van der Waals surface area contributed by atoms with Gasteiger partial charge >= 0.3 is 0 Å². The van der Waals surface area contributed by atoms with Crippen LogP contribution >= 0.6 is 22.9 Å². The number of piperazine rings is 1. The van der Waals surface area contributed by atoms with Gasteiger partial charge in [0.1, 0.15) is 11.8 Å². The molecule has 1 aromatic carbocycles. The first-order chi connectivity index (χ1) is 13.8. The lowest BCUT2D eigenvalue weighted by Crippen LogP contribution is -2.46. The number of benzene rings is 1. The quantitative estimate of drug-likeness (QED) is 0.549. The van der Waals surface area contributed by atoms with E-state index in [-0.39, 0.29) is 0 Å². The summed E-state index contributed by atoms with van der Waals surface area (Å²) < 4.78 is 0. The first kappa shape index (κ1) is 17.6. The van der Waals surface area contributed by atoms with Gasteiger partial charge in [-0.2, -0.15) is 0 Å². The zero-order valence-electron chi connectivity index (χ0n) is 15.2. The number of rotatable bonds is 4. The molecule has 0 unspecified atom stereocenters. The van der Waals surface area contributed by atoms with Gasteiger partial charge in [0.05, 0.1) is 6.33 Å². The third-order valence-corrected chi connectivity index (χ3v) is 6.49. The van der Waals surface area contributed by atoms with Gasteiger partial charge in [0, 0.05) is 53.1 Å². The number of fused-ring (bicyclic) bond motifs is 1. The van der Waals surface area contributed by atoms with Gasteiger partial charge < -0.3 is 9.88 Å². The molecule has 3 aromatic heterocycles. The second-order valence-electron chi connectivity index (χ2n) is 6.81. The van der Waals surface area contributed by atoms with Crippen molar-refractivity contribution in [1.29, 1.82) is 0 Å². The Morgan fingerprint density at radius 1 is 1.00 bits per heavy atom. The Labute approximate surface area is 171 Å². The fourth-order valence-electron chi connectivity index (χ4n) is 3.60. The molecular formula is C20H19ClN6S. The van der Waals surface area contributed by atoms with Gasteiger partial charge in [-0.3, -0.25) is 4.90 Å². The van der Waals surface area contributed by atoms with E-state index >= 15 is 0 Å². The fraction of sp³-hybridized carbons (Fsp3) is 0.250. The topological polar surface area (TPSA) is 60.9 Å². The van der Waals surface area contributed by atoms with Crippen LogP contribution in [0.25, 0.3) is 21.6 Å². The Bertz CT molecular complexity index is 1100. The molecular weight excluding hydrogens is 392 g/mol. The lowest BCUT2D eigenvalue weighted by atomic mass is 10.2. The summed E-state index contributed by atoms with van der Waals surface area (Å²) in [5.74, 6) is 0.944. The van der Waals surface area contributed by atoms with Gasteiger partial charge in [0.25, 0.3) is 0 Å². The molecule has 1 N–H and O–H groups in total. The smallest absolute Gasteiger partial charge is 0.182 e. The highest BCUT2D eigenvalue weighted by Gasteiger charge is 2.21. The number of H-pyrrole nitrogens is 1. The van der Waals surface area contributed by atoms with Gasteiger partial charge in [0.15, 0.2) is 11.5 Å². The van der Waals surface area contributed by atoms with Crippen LogP contribution in [0.1, 0.15) is 4.88 Å². The second kappa shape index (κ2) is 7.50. The Hall–Kier alpha value is -2.48. The summed E-state index contributed by atoms with van der Waals surface area (Å²) in [6.45, 7) is 4.84. The van der Waals surface area contributed by atoms with Gasteiger partial charge in [-0.1, -0.05) is 29.8 Å². The van der Waals surface area contributed by atoms with Crippen molar-refractivity contribution in [3.63, 3.8) is 0 Å². The van der Waals surface area contributed by atoms with Crippen LogP contribution in [-0.2, 0) is 6.54 Å². The Balaban J connectivity index is 1.25. The van der Waals surface area contributed by atoms with E-state index in [1.54, 1.807) is 12.7 Å². The van der Waals surface area contributed by atoms with Crippen molar-refractivity contribution in [3.05, 3.63) is 59.0 Å². The average molecular weight is 411 g/mol. The van der Waals surface area contributed by atoms with Crippen LogP contribution in [0.2, 0.25) is 5.02 Å². The monoisotopic (exact) mass is 410 g/mol. The molecule has 1 saturated heterocycles. The molecule has 8 heteroatoms. The number of hydrogen-bond donors (Lipinski definition) is 1. The molecule has 6 nitrogen and oxygen atoms in total. The summed E-state index contributed by atoms with van der Waals surface area (Å²) in [5, 5.41) is 0.805. The maximum atomic E-state index is 6.34. The number of aromatic amines is 1. The summed E-state index contributed by atoms with van der Waals surface area (Å²) >= 11 is 8.16. The SMILES string of the molecule is Clc1ccccc1-c1ccc(CN2CCN(c3ncnc4nc[nH]c34)CC2)s1. The molecule has 0 atom stereocenters. The van der Waals surface area contributed by atoms with Gasteiger partial charge in [-0.05, 0) is 18.2 Å². The molecule has 4 aromatic rings.